The van der Waals surface area contributed by atoms with Gasteiger partial charge in [-0.2, -0.15) is 0 Å². The topological polar surface area (TPSA) is 88.5 Å². The van der Waals surface area contributed by atoms with Crippen molar-refractivity contribution in [1.82, 2.24) is 9.80 Å². The Balaban J connectivity index is 1.39. The molecule has 2 aromatic rings. The smallest absolute Gasteiger partial charge is 0.260 e. The van der Waals surface area contributed by atoms with Crippen molar-refractivity contribution in [1.29, 1.82) is 0 Å². The fraction of sp³-hybridized carbons (Fsp3) is 0.333. The second-order valence-electron chi connectivity index (χ2n) is 6.51. The SMILES string of the molecule is COc1ccc(OCC(=O)N2CCN(C(=O)COc3cccc(O)c3)CC2)cc1. The van der Waals surface area contributed by atoms with Crippen LogP contribution in [0.1, 0.15) is 0 Å². The van der Waals surface area contributed by atoms with Gasteiger partial charge in [-0.3, -0.25) is 9.59 Å². The zero-order chi connectivity index (χ0) is 20.6. The molecule has 0 aromatic heterocycles. The second kappa shape index (κ2) is 9.68. The number of carbonyl (C=O) groups is 2. The van der Waals surface area contributed by atoms with Gasteiger partial charge in [-0.05, 0) is 36.4 Å². The number of phenolic OH excluding ortho intramolecular Hbond substituents is 1. The molecule has 0 unspecified atom stereocenters. The summed E-state index contributed by atoms with van der Waals surface area (Å²) in [7, 11) is 1.59. The molecule has 0 saturated carbocycles. The van der Waals surface area contributed by atoms with Crippen molar-refractivity contribution >= 4 is 11.8 Å². The first-order valence-electron chi connectivity index (χ1n) is 9.29. The van der Waals surface area contributed by atoms with Crippen LogP contribution in [0.5, 0.6) is 23.0 Å². The zero-order valence-electron chi connectivity index (χ0n) is 16.2. The Morgan fingerprint density at radius 3 is 1.86 bits per heavy atom. The minimum atomic E-state index is -0.157. The van der Waals surface area contributed by atoms with Crippen LogP contribution < -0.4 is 14.2 Å². The highest BCUT2D eigenvalue weighted by molar-refractivity contribution is 5.80. The van der Waals surface area contributed by atoms with Gasteiger partial charge in [0.15, 0.2) is 13.2 Å². The van der Waals surface area contributed by atoms with Crippen molar-refractivity contribution in [3.05, 3.63) is 48.5 Å². The van der Waals surface area contributed by atoms with Crippen molar-refractivity contribution in [2.24, 2.45) is 0 Å². The van der Waals surface area contributed by atoms with Gasteiger partial charge in [-0.15, -0.1) is 0 Å². The molecule has 0 spiro atoms. The molecule has 29 heavy (non-hydrogen) atoms. The maximum absolute atomic E-state index is 12.3. The lowest BCUT2D eigenvalue weighted by molar-refractivity contribution is -0.141. The van der Waals surface area contributed by atoms with E-state index in [2.05, 4.69) is 0 Å². The number of methoxy groups -OCH3 is 1. The van der Waals surface area contributed by atoms with Crippen LogP contribution in [0.15, 0.2) is 48.5 Å². The first-order chi connectivity index (χ1) is 14.0. The van der Waals surface area contributed by atoms with Gasteiger partial charge in [-0.25, -0.2) is 0 Å². The maximum Gasteiger partial charge on any atom is 0.260 e. The van der Waals surface area contributed by atoms with Crippen LogP contribution in [0.2, 0.25) is 0 Å². The molecule has 1 aliphatic rings. The summed E-state index contributed by atoms with van der Waals surface area (Å²) in [5, 5.41) is 9.42. The van der Waals surface area contributed by atoms with Crippen molar-refractivity contribution in [3.8, 4) is 23.0 Å². The van der Waals surface area contributed by atoms with Gasteiger partial charge in [0.2, 0.25) is 0 Å². The Labute approximate surface area is 169 Å². The van der Waals surface area contributed by atoms with Crippen LogP contribution in [0, 0.1) is 0 Å². The fourth-order valence-electron chi connectivity index (χ4n) is 2.92. The third kappa shape index (κ3) is 5.78. The molecule has 1 N–H and O–H groups in total. The maximum atomic E-state index is 12.3. The summed E-state index contributed by atoms with van der Waals surface area (Å²) in [6.07, 6.45) is 0. The fourth-order valence-corrected chi connectivity index (χ4v) is 2.92. The molecule has 8 nitrogen and oxygen atoms in total. The minimum absolute atomic E-state index is 0.0547. The number of aromatic hydroxyl groups is 1. The highest BCUT2D eigenvalue weighted by atomic mass is 16.5. The van der Waals surface area contributed by atoms with E-state index in [1.165, 1.54) is 12.1 Å². The number of benzene rings is 2. The van der Waals surface area contributed by atoms with Crippen molar-refractivity contribution in [2.75, 3.05) is 46.5 Å². The average molecular weight is 400 g/mol. The Kier molecular flexibility index (Phi) is 6.78. The van der Waals surface area contributed by atoms with Crippen LogP contribution in [0.3, 0.4) is 0 Å². The largest absolute Gasteiger partial charge is 0.508 e. The lowest BCUT2D eigenvalue weighted by Gasteiger charge is -2.34. The summed E-state index contributed by atoms with van der Waals surface area (Å²) >= 11 is 0. The zero-order valence-corrected chi connectivity index (χ0v) is 16.2. The lowest BCUT2D eigenvalue weighted by Crippen LogP contribution is -2.52. The van der Waals surface area contributed by atoms with E-state index in [4.69, 9.17) is 14.2 Å². The van der Waals surface area contributed by atoms with Crippen molar-refractivity contribution < 1.29 is 28.9 Å². The third-order valence-electron chi connectivity index (χ3n) is 4.59. The number of piperazine rings is 1. The molecule has 0 atom stereocenters. The van der Waals surface area contributed by atoms with Gasteiger partial charge < -0.3 is 29.1 Å². The van der Waals surface area contributed by atoms with Gasteiger partial charge in [0, 0.05) is 32.2 Å². The number of phenols is 1. The normalized spacial score (nSPS) is 13.7. The Morgan fingerprint density at radius 1 is 0.828 bits per heavy atom. The molecule has 3 rings (SSSR count). The number of carbonyl (C=O) groups excluding carboxylic acids is 2. The van der Waals surface area contributed by atoms with Gasteiger partial charge in [-0.1, -0.05) is 6.07 Å². The van der Waals surface area contributed by atoms with E-state index in [1.54, 1.807) is 53.3 Å². The Hall–Kier alpha value is -3.42. The third-order valence-corrected chi connectivity index (χ3v) is 4.59. The predicted molar refractivity (Wildman–Crippen MR) is 105 cm³/mol. The summed E-state index contributed by atoms with van der Waals surface area (Å²) in [5.41, 5.74) is 0. The van der Waals surface area contributed by atoms with E-state index in [0.29, 0.717) is 37.7 Å². The van der Waals surface area contributed by atoms with E-state index >= 15 is 0 Å². The van der Waals surface area contributed by atoms with Crippen LogP contribution >= 0.6 is 0 Å². The summed E-state index contributed by atoms with van der Waals surface area (Å²) in [4.78, 5) is 28.0. The van der Waals surface area contributed by atoms with Crippen LogP contribution in [0.25, 0.3) is 0 Å². The van der Waals surface area contributed by atoms with E-state index < -0.39 is 0 Å². The molecule has 0 aliphatic carbocycles. The molecule has 2 amide bonds. The molecule has 0 bridgehead atoms. The predicted octanol–water partition coefficient (Wildman–Crippen LogP) is 1.53. The number of amides is 2. The molecular weight excluding hydrogens is 376 g/mol. The molecule has 154 valence electrons. The van der Waals surface area contributed by atoms with Gasteiger partial charge in [0.25, 0.3) is 11.8 Å². The number of ether oxygens (including phenoxy) is 3. The highest BCUT2D eigenvalue weighted by Crippen LogP contribution is 2.18. The van der Waals surface area contributed by atoms with E-state index in [-0.39, 0.29) is 30.8 Å². The molecule has 0 radical (unpaired) electrons. The number of hydrogen-bond acceptors (Lipinski definition) is 6. The number of rotatable bonds is 7. The number of hydrogen-bond donors (Lipinski definition) is 1. The monoisotopic (exact) mass is 400 g/mol. The molecule has 1 heterocycles. The molecular formula is C21H24N2O6. The highest BCUT2D eigenvalue weighted by Gasteiger charge is 2.24. The van der Waals surface area contributed by atoms with Gasteiger partial charge in [0.1, 0.15) is 23.0 Å². The summed E-state index contributed by atoms with van der Waals surface area (Å²) in [5.74, 6) is 1.55. The van der Waals surface area contributed by atoms with E-state index in [0.717, 1.165) is 5.75 Å². The standard InChI is InChI=1S/C21H24N2O6/c1-27-17-5-7-18(8-6-17)28-14-20(25)22-9-11-23(12-10-22)21(26)15-29-19-4-2-3-16(24)13-19/h2-8,13,24H,9-12,14-15H2,1H3. The second-order valence-corrected chi connectivity index (χ2v) is 6.51. The molecule has 1 fully saturated rings. The van der Waals surface area contributed by atoms with Crippen molar-refractivity contribution in [3.63, 3.8) is 0 Å². The summed E-state index contributed by atoms with van der Waals surface area (Å²) in [6.45, 7) is 1.61. The summed E-state index contributed by atoms with van der Waals surface area (Å²) in [6, 6.07) is 13.3. The molecule has 2 aromatic carbocycles. The first kappa shape index (κ1) is 20.3. The van der Waals surface area contributed by atoms with E-state index in [9.17, 15) is 14.7 Å². The van der Waals surface area contributed by atoms with Crippen LogP contribution in [-0.4, -0.2) is 73.2 Å². The number of nitrogens with zero attached hydrogens (tertiary/aromatic N) is 2. The first-order valence-corrected chi connectivity index (χ1v) is 9.29. The Bertz CT molecular complexity index is 831. The van der Waals surface area contributed by atoms with Crippen LogP contribution in [-0.2, 0) is 9.59 Å². The quantitative estimate of drug-likeness (QED) is 0.758. The molecule has 8 heteroatoms. The van der Waals surface area contributed by atoms with Crippen LogP contribution in [0.4, 0.5) is 0 Å². The lowest BCUT2D eigenvalue weighted by atomic mass is 10.3. The van der Waals surface area contributed by atoms with E-state index in [1.807, 2.05) is 0 Å². The minimum Gasteiger partial charge on any atom is -0.508 e. The summed E-state index contributed by atoms with van der Waals surface area (Å²) < 4.78 is 16.0. The molecule has 1 aliphatic heterocycles. The Morgan fingerprint density at radius 2 is 1.34 bits per heavy atom. The average Bonchev–Trinajstić information content (AvgIpc) is 2.76. The molecule has 1 saturated heterocycles. The van der Waals surface area contributed by atoms with Gasteiger partial charge >= 0.3 is 0 Å². The van der Waals surface area contributed by atoms with Gasteiger partial charge in [0.05, 0.1) is 7.11 Å². The van der Waals surface area contributed by atoms with Crippen molar-refractivity contribution in [2.45, 2.75) is 0 Å².